The fourth-order valence-electron chi connectivity index (χ4n) is 5.29. The van der Waals surface area contributed by atoms with Gasteiger partial charge in [-0.3, -0.25) is 14.8 Å². The molecular weight excluding hydrogens is 380 g/mol. The van der Waals surface area contributed by atoms with E-state index in [1.165, 1.54) is 30.0 Å². The molecule has 0 amide bonds. The van der Waals surface area contributed by atoms with Crippen LogP contribution in [0.1, 0.15) is 28.3 Å². The molecule has 2 aliphatic heterocycles. The smallest absolute Gasteiger partial charge is 0.150 e. The summed E-state index contributed by atoms with van der Waals surface area (Å²) in [6.45, 7) is 8.54. The van der Waals surface area contributed by atoms with Crippen LogP contribution >= 0.6 is 11.3 Å². The monoisotopic (exact) mass is 408 g/mol. The molecule has 2 fully saturated rings. The molecule has 2 saturated heterocycles. The molecule has 152 valence electrons. The predicted molar refractivity (Wildman–Crippen MR) is 115 cm³/mol. The lowest BCUT2D eigenvalue weighted by atomic mass is 9.76. The van der Waals surface area contributed by atoms with E-state index >= 15 is 0 Å². The Morgan fingerprint density at radius 2 is 1.93 bits per heavy atom. The number of fused-ring (bicyclic) bond motifs is 1. The zero-order valence-corrected chi connectivity index (χ0v) is 17.8. The number of likely N-dealkylation sites (tertiary alicyclic amines) is 2. The van der Waals surface area contributed by atoms with Crippen molar-refractivity contribution in [3.63, 3.8) is 0 Å². The summed E-state index contributed by atoms with van der Waals surface area (Å²) >= 11 is 1.77. The van der Waals surface area contributed by atoms with Gasteiger partial charge in [0.25, 0.3) is 0 Å². The number of nitrogens with zero attached hydrogens (tertiary/aromatic N) is 4. The summed E-state index contributed by atoms with van der Waals surface area (Å²) in [5.74, 6) is 1.70. The summed E-state index contributed by atoms with van der Waals surface area (Å²) in [5.41, 5.74) is 4.72. The average molecular weight is 409 g/mol. The second-order valence-corrected chi connectivity index (χ2v) is 9.76. The Morgan fingerprint density at radius 3 is 2.62 bits per heavy atom. The van der Waals surface area contributed by atoms with E-state index in [9.17, 15) is 0 Å². The van der Waals surface area contributed by atoms with E-state index in [-0.39, 0.29) is 0 Å². The first-order valence-electron chi connectivity index (χ1n) is 10.5. The Morgan fingerprint density at radius 1 is 1.14 bits per heavy atom. The highest BCUT2D eigenvalue weighted by Crippen LogP contribution is 2.46. The van der Waals surface area contributed by atoms with Gasteiger partial charge in [0.2, 0.25) is 0 Å². The standard InChI is InChI=1S/C23H28N4OS/c1-18-9-21(28-25-18)13-26-11-20-12-27(14-22-10-24-17-29-22)16-23(20,15-26)8-7-19-5-3-2-4-6-19/h2-6,9-10,17,20H,7-8,11-16H2,1H3. The van der Waals surface area contributed by atoms with Gasteiger partial charge in [-0.2, -0.15) is 0 Å². The number of thiazole rings is 1. The van der Waals surface area contributed by atoms with Crippen molar-refractivity contribution in [3.8, 4) is 0 Å². The molecule has 29 heavy (non-hydrogen) atoms. The van der Waals surface area contributed by atoms with Crippen molar-refractivity contribution < 1.29 is 4.52 Å². The van der Waals surface area contributed by atoms with E-state index < -0.39 is 0 Å². The van der Waals surface area contributed by atoms with E-state index in [1.807, 2.05) is 18.6 Å². The third kappa shape index (κ3) is 4.15. The number of rotatable bonds is 7. The summed E-state index contributed by atoms with van der Waals surface area (Å²) in [4.78, 5) is 10.9. The van der Waals surface area contributed by atoms with Gasteiger partial charge in [0.05, 0.1) is 17.7 Å². The van der Waals surface area contributed by atoms with Gasteiger partial charge in [-0.05, 0) is 31.2 Å². The van der Waals surface area contributed by atoms with Crippen LogP contribution in [0.5, 0.6) is 0 Å². The molecule has 5 nitrogen and oxygen atoms in total. The summed E-state index contributed by atoms with van der Waals surface area (Å²) in [6.07, 6.45) is 4.42. The third-order valence-corrected chi connectivity index (χ3v) is 7.34. The van der Waals surface area contributed by atoms with Gasteiger partial charge in [0, 0.05) is 55.3 Å². The van der Waals surface area contributed by atoms with Crippen molar-refractivity contribution in [3.05, 3.63) is 70.0 Å². The number of hydrogen-bond acceptors (Lipinski definition) is 6. The Hall–Kier alpha value is -2.02. The second kappa shape index (κ2) is 8.01. The molecule has 4 heterocycles. The first-order valence-corrected chi connectivity index (χ1v) is 11.3. The summed E-state index contributed by atoms with van der Waals surface area (Å²) in [7, 11) is 0. The lowest BCUT2D eigenvalue weighted by Gasteiger charge is -2.29. The maximum absolute atomic E-state index is 5.49. The molecular formula is C23H28N4OS. The fraction of sp³-hybridized carbons (Fsp3) is 0.478. The van der Waals surface area contributed by atoms with Gasteiger partial charge in [0.15, 0.2) is 5.76 Å². The zero-order valence-electron chi connectivity index (χ0n) is 17.0. The van der Waals surface area contributed by atoms with E-state index in [4.69, 9.17) is 4.52 Å². The summed E-state index contributed by atoms with van der Waals surface area (Å²) in [6, 6.07) is 13.0. The molecule has 5 rings (SSSR count). The zero-order chi connectivity index (χ0) is 19.7. The first-order chi connectivity index (χ1) is 14.2. The number of aryl methyl sites for hydroxylation is 2. The quantitative estimate of drug-likeness (QED) is 0.591. The van der Waals surface area contributed by atoms with Crippen molar-refractivity contribution in [2.75, 3.05) is 26.2 Å². The van der Waals surface area contributed by atoms with Gasteiger partial charge in [-0.1, -0.05) is 35.5 Å². The molecule has 0 radical (unpaired) electrons. The highest BCUT2D eigenvalue weighted by molar-refractivity contribution is 7.09. The Balaban J connectivity index is 1.30. The second-order valence-electron chi connectivity index (χ2n) is 8.79. The van der Waals surface area contributed by atoms with Crippen LogP contribution in [0.3, 0.4) is 0 Å². The molecule has 2 unspecified atom stereocenters. The van der Waals surface area contributed by atoms with E-state index in [2.05, 4.69) is 56.3 Å². The first kappa shape index (κ1) is 19.0. The van der Waals surface area contributed by atoms with Crippen LogP contribution in [-0.2, 0) is 19.5 Å². The minimum Gasteiger partial charge on any atom is -0.360 e. The van der Waals surface area contributed by atoms with Crippen molar-refractivity contribution in [1.29, 1.82) is 0 Å². The maximum atomic E-state index is 5.49. The molecule has 6 heteroatoms. The van der Waals surface area contributed by atoms with Gasteiger partial charge < -0.3 is 4.52 Å². The maximum Gasteiger partial charge on any atom is 0.150 e. The Bertz CT molecular complexity index is 926. The lowest BCUT2D eigenvalue weighted by molar-refractivity contribution is 0.186. The summed E-state index contributed by atoms with van der Waals surface area (Å²) in [5, 5.41) is 4.06. The van der Waals surface area contributed by atoms with Crippen molar-refractivity contribution >= 4 is 11.3 Å². The third-order valence-electron chi connectivity index (χ3n) is 6.57. The summed E-state index contributed by atoms with van der Waals surface area (Å²) < 4.78 is 5.49. The normalized spacial score (nSPS) is 24.9. The number of hydrogen-bond donors (Lipinski definition) is 0. The molecule has 2 aliphatic rings. The van der Waals surface area contributed by atoms with Gasteiger partial charge in [-0.15, -0.1) is 11.3 Å². The van der Waals surface area contributed by atoms with E-state index in [0.717, 1.165) is 44.1 Å². The molecule has 0 bridgehead atoms. The van der Waals surface area contributed by atoms with Gasteiger partial charge in [0.1, 0.15) is 0 Å². The topological polar surface area (TPSA) is 45.4 Å². The fourth-order valence-corrected chi connectivity index (χ4v) is 5.93. The number of benzene rings is 1. The molecule has 2 atom stereocenters. The van der Waals surface area contributed by atoms with E-state index in [0.29, 0.717) is 11.3 Å². The van der Waals surface area contributed by atoms with Gasteiger partial charge in [-0.25, -0.2) is 0 Å². The molecule has 0 aliphatic carbocycles. The minimum atomic E-state index is 0.357. The van der Waals surface area contributed by atoms with Crippen LogP contribution < -0.4 is 0 Å². The van der Waals surface area contributed by atoms with E-state index in [1.54, 1.807) is 11.3 Å². The van der Waals surface area contributed by atoms with Crippen LogP contribution in [0.4, 0.5) is 0 Å². The van der Waals surface area contributed by atoms with Crippen molar-refractivity contribution in [1.82, 2.24) is 19.9 Å². The molecule has 0 N–H and O–H groups in total. The Kier molecular flexibility index (Phi) is 5.24. The van der Waals surface area contributed by atoms with Crippen LogP contribution in [-0.4, -0.2) is 46.1 Å². The molecule has 0 saturated carbocycles. The van der Waals surface area contributed by atoms with Crippen LogP contribution in [0, 0.1) is 18.3 Å². The molecule has 1 aromatic carbocycles. The largest absolute Gasteiger partial charge is 0.360 e. The number of aromatic nitrogens is 2. The highest BCUT2D eigenvalue weighted by atomic mass is 32.1. The van der Waals surface area contributed by atoms with Crippen LogP contribution in [0.2, 0.25) is 0 Å². The molecule has 0 spiro atoms. The van der Waals surface area contributed by atoms with Crippen molar-refractivity contribution in [2.24, 2.45) is 11.3 Å². The Labute approximate surface area is 176 Å². The molecule has 3 aromatic rings. The lowest BCUT2D eigenvalue weighted by Crippen LogP contribution is -2.34. The van der Waals surface area contributed by atoms with Gasteiger partial charge >= 0.3 is 0 Å². The van der Waals surface area contributed by atoms with Crippen molar-refractivity contribution in [2.45, 2.75) is 32.9 Å². The van der Waals surface area contributed by atoms with Crippen LogP contribution in [0.15, 0.2) is 52.6 Å². The average Bonchev–Trinajstić information content (AvgIpc) is 3.47. The van der Waals surface area contributed by atoms with Crippen LogP contribution in [0.25, 0.3) is 0 Å². The predicted octanol–water partition coefficient (Wildman–Crippen LogP) is 4.01. The minimum absolute atomic E-state index is 0.357. The highest BCUT2D eigenvalue weighted by Gasteiger charge is 2.51. The molecule has 2 aromatic heterocycles. The SMILES string of the molecule is Cc1cc(CN2CC3CN(Cc4cncs4)CC3(CCc3ccccc3)C2)on1.